The Morgan fingerprint density at radius 2 is 2.41 bits per heavy atom. The molecule has 5 nitrogen and oxygen atoms in total. The Balaban J connectivity index is 1.84. The molecular weight excluding hydrogens is 240 g/mol. The molecule has 3 heterocycles. The van der Waals surface area contributed by atoms with Crippen LogP contribution in [-0.2, 0) is 4.74 Å². The molecule has 0 bridgehead atoms. The molecule has 2 atom stereocenters. The third-order valence-corrected chi connectivity index (χ3v) is 3.54. The highest BCUT2D eigenvalue weighted by atomic mass is 32.1. The van der Waals surface area contributed by atoms with Gasteiger partial charge in [0.05, 0.1) is 18.6 Å². The number of aliphatic hydroxyl groups is 1. The van der Waals surface area contributed by atoms with Crippen LogP contribution in [0.3, 0.4) is 0 Å². The van der Waals surface area contributed by atoms with Gasteiger partial charge in [-0.25, -0.2) is 0 Å². The number of hydrogen-bond donors (Lipinski definition) is 1. The summed E-state index contributed by atoms with van der Waals surface area (Å²) in [5.41, 5.74) is 0.941. The predicted molar refractivity (Wildman–Crippen MR) is 61.8 cm³/mol. The Bertz CT molecular complexity index is 483. The van der Waals surface area contributed by atoms with E-state index in [2.05, 4.69) is 10.1 Å². The summed E-state index contributed by atoms with van der Waals surface area (Å²) >= 11 is 1.58. The highest BCUT2D eigenvalue weighted by Crippen LogP contribution is 2.27. The zero-order valence-electron chi connectivity index (χ0n) is 9.07. The highest BCUT2D eigenvalue weighted by Gasteiger charge is 2.30. The molecule has 2 aromatic rings. The van der Waals surface area contributed by atoms with Crippen molar-refractivity contribution in [3.8, 4) is 11.4 Å². The summed E-state index contributed by atoms with van der Waals surface area (Å²) in [7, 11) is 0. The van der Waals surface area contributed by atoms with Gasteiger partial charge in [-0.2, -0.15) is 16.3 Å². The molecule has 2 unspecified atom stereocenters. The summed E-state index contributed by atoms with van der Waals surface area (Å²) in [6, 6.07) is 1.94. The van der Waals surface area contributed by atoms with Gasteiger partial charge in [0.25, 0.3) is 0 Å². The molecule has 1 fully saturated rings. The molecule has 2 aromatic heterocycles. The van der Waals surface area contributed by atoms with Gasteiger partial charge in [0, 0.05) is 17.6 Å². The van der Waals surface area contributed by atoms with Crippen LogP contribution in [-0.4, -0.2) is 34.6 Å². The second kappa shape index (κ2) is 4.56. The zero-order chi connectivity index (χ0) is 11.7. The van der Waals surface area contributed by atoms with Crippen LogP contribution >= 0.6 is 11.3 Å². The maximum Gasteiger partial charge on any atom is 0.235 e. The van der Waals surface area contributed by atoms with E-state index in [1.54, 1.807) is 11.3 Å². The first kappa shape index (κ1) is 10.9. The molecule has 90 valence electrons. The summed E-state index contributed by atoms with van der Waals surface area (Å²) < 4.78 is 10.5. The van der Waals surface area contributed by atoms with Crippen LogP contribution < -0.4 is 0 Å². The van der Waals surface area contributed by atoms with Crippen molar-refractivity contribution in [1.29, 1.82) is 0 Å². The lowest BCUT2D eigenvalue weighted by Crippen LogP contribution is -2.30. The molecule has 6 heteroatoms. The molecule has 1 N–H and O–H groups in total. The lowest BCUT2D eigenvalue weighted by Gasteiger charge is -2.24. The lowest BCUT2D eigenvalue weighted by molar-refractivity contribution is -0.0149. The summed E-state index contributed by atoms with van der Waals surface area (Å²) in [6.45, 7) is 1.02. The van der Waals surface area contributed by atoms with E-state index in [0.29, 0.717) is 31.3 Å². The number of rotatable bonds is 2. The molecule has 1 saturated heterocycles. The van der Waals surface area contributed by atoms with E-state index in [0.717, 1.165) is 5.56 Å². The van der Waals surface area contributed by atoms with Gasteiger partial charge in [0.2, 0.25) is 11.7 Å². The van der Waals surface area contributed by atoms with Crippen molar-refractivity contribution < 1.29 is 14.4 Å². The largest absolute Gasteiger partial charge is 0.392 e. The highest BCUT2D eigenvalue weighted by molar-refractivity contribution is 7.08. The summed E-state index contributed by atoms with van der Waals surface area (Å²) in [5.74, 6) is 0.820. The van der Waals surface area contributed by atoms with Crippen LogP contribution in [0, 0.1) is 0 Å². The summed E-state index contributed by atoms with van der Waals surface area (Å²) in [4.78, 5) is 4.32. The Morgan fingerprint density at radius 1 is 1.47 bits per heavy atom. The molecule has 0 saturated carbocycles. The topological polar surface area (TPSA) is 68.4 Å². The van der Waals surface area contributed by atoms with Crippen molar-refractivity contribution in [2.45, 2.75) is 18.4 Å². The van der Waals surface area contributed by atoms with Gasteiger partial charge in [0.15, 0.2) is 0 Å². The van der Waals surface area contributed by atoms with Crippen LogP contribution in [0.15, 0.2) is 21.3 Å². The summed E-state index contributed by atoms with van der Waals surface area (Å²) in [5, 5.41) is 17.7. The van der Waals surface area contributed by atoms with Gasteiger partial charge < -0.3 is 14.4 Å². The van der Waals surface area contributed by atoms with E-state index in [4.69, 9.17) is 9.26 Å². The third-order valence-electron chi connectivity index (χ3n) is 2.86. The van der Waals surface area contributed by atoms with Crippen molar-refractivity contribution in [2.24, 2.45) is 0 Å². The SMILES string of the molecule is OC1CCOCC1c1nc(-c2ccsc2)no1. The molecule has 0 aliphatic carbocycles. The molecule has 0 spiro atoms. The average Bonchev–Trinajstić information content (AvgIpc) is 3.00. The smallest absolute Gasteiger partial charge is 0.235 e. The van der Waals surface area contributed by atoms with E-state index >= 15 is 0 Å². The van der Waals surface area contributed by atoms with Gasteiger partial charge in [-0.3, -0.25) is 0 Å². The first-order chi connectivity index (χ1) is 8.34. The van der Waals surface area contributed by atoms with E-state index in [9.17, 15) is 5.11 Å². The van der Waals surface area contributed by atoms with Crippen molar-refractivity contribution in [1.82, 2.24) is 10.1 Å². The number of aliphatic hydroxyl groups excluding tert-OH is 1. The van der Waals surface area contributed by atoms with Crippen molar-refractivity contribution in [3.05, 3.63) is 22.7 Å². The predicted octanol–water partition coefficient (Wildman–Crippen LogP) is 1.66. The maximum absolute atomic E-state index is 9.86. The summed E-state index contributed by atoms with van der Waals surface area (Å²) in [6.07, 6.45) is 0.153. The molecule has 0 aromatic carbocycles. The van der Waals surface area contributed by atoms with Gasteiger partial charge >= 0.3 is 0 Å². The zero-order valence-corrected chi connectivity index (χ0v) is 9.89. The molecular formula is C11H12N2O3S. The Morgan fingerprint density at radius 3 is 3.18 bits per heavy atom. The molecule has 17 heavy (non-hydrogen) atoms. The number of nitrogens with zero attached hydrogens (tertiary/aromatic N) is 2. The first-order valence-corrected chi connectivity index (χ1v) is 6.41. The monoisotopic (exact) mass is 252 g/mol. The lowest BCUT2D eigenvalue weighted by atomic mass is 9.99. The van der Waals surface area contributed by atoms with Crippen LogP contribution in [0.4, 0.5) is 0 Å². The maximum atomic E-state index is 9.86. The van der Waals surface area contributed by atoms with Gasteiger partial charge in [0.1, 0.15) is 0 Å². The van der Waals surface area contributed by atoms with Crippen LogP contribution in [0.1, 0.15) is 18.2 Å². The third kappa shape index (κ3) is 2.11. The van der Waals surface area contributed by atoms with Crippen molar-refractivity contribution in [3.63, 3.8) is 0 Å². The standard InChI is InChI=1S/C11H12N2O3S/c14-9-1-3-15-5-8(9)11-12-10(13-16-11)7-2-4-17-6-7/h2,4,6,8-9,14H,1,3,5H2. The molecule has 1 aliphatic rings. The van der Waals surface area contributed by atoms with E-state index in [-0.39, 0.29) is 5.92 Å². The first-order valence-electron chi connectivity index (χ1n) is 5.46. The van der Waals surface area contributed by atoms with Gasteiger partial charge in [-0.1, -0.05) is 5.16 Å². The second-order valence-corrected chi connectivity index (χ2v) is 4.79. The van der Waals surface area contributed by atoms with Crippen LogP contribution in [0.2, 0.25) is 0 Å². The minimum absolute atomic E-state index is 0.205. The fraction of sp³-hybridized carbons (Fsp3) is 0.455. The van der Waals surface area contributed by atoms with Crippen LogP contribution in [0.5, 0.6) is 0 Å². The number of hydrogen-bond acceptors (Lipinski definition) is 6. The number of aromatic nitrogens is 2. The van der Waals surface area contributed by atoms with E-state index < -0.39 is 6.10 Å². The molecule has 1 aliphatic heterocycles. The Hall–Kier alpha value is -1.24. The van der Waals surface area contributed by atoms with E-state index in [1.807, 2.05) is 16.8 Å². The average molecular weight is 252 g/mol. The van der Waals surface area contributed by atoms with Gasteiger partial charge in [-0.05, 0) is 17.9 Å². The second-order valence-electron chi connectivity index (χ2n) is 4.01. The number of ether oxygens (including phenoxy) is 1. The minimum atomic E-state index is -0.459. The fourth-order valence-corrected chi connectivity index (χ4v) is 2.49. The quantitative estimate of drug-likeness (QED) is 0.880. The Kier molecular flexibility index (Phi) is 2.92. The van der Waals surface area contributed by atoms with Crippen LogP contribution in [0.25, 0.3) is 11.4 Å². The van der Waals surface area contributed by atoms with Crippen molar-refractivity contribution in [2.75, 3.05) is 13.2 Å². The van der Waals surface area contributed by atoms with E-state index in [1.165, 1.54) is 0 Å². The normalized spacial score (nSPS) is 25.0. The molecule has 3 rings (SSSR count). The molecule has 0 radical (unpaired) electrons. The fourth-order valence-electron chi connectivity index (χ4n) is 1.86. The van der Waals surface area contributed by atoms with Gasteiger partial charge in [-0.15, -0.1) is 0 Å². The minimum Gasteiger partial charge on any atom is -0.392 e. The molecule has 0 amide bonds. The van der Waals surface area contributed by atoms with Crippen molar-refractivity contribution >= 4 is 11.3 Å². The number of thiophene rings is 1. The Labute approximate surface area is 102 Å².